The van der Waals surface area contributed by atoms with E-state index in [-0.39, 0.29) is 11.4 Å². The van der Waals surface area contributed by atoms with Gasteiger partial charge in [-0.25, -0.2) is 4.79 Å². The summed E-state index contributed by atoms with van der Waals surface area (Å²) in [6.45, 7) is 3.87. The molecule has 0 aliphatic rings. The standard InChI is InChI=1S/C16H13N3O2S2/c1-8-9(2)22-15-11(8)13(20)19(17)16-18(15)14(21)12(23-16)10-6-4-3-5-7-10/h3-7H,17H2,1-2H3/p+1. The minimum absolute atomic E-state index is 0.113. The van der Waals surface area contributed by atoms with Crippen LogP contribution in [0.1, 0.15) is 10.4 Å². The number of nitrogens with zero attached hydrogens (tertiary/aromatic N) is 2. The lowest BCUT2D eigenvalue weighted by molar-refractivity contribution is -0.489. The van der Waals surface area contributed by atoms with E-state index in [2.05, 4.69) is 0 Å². The smallest absolute Gasteiger partial charge is 0.377 e. The molecule has 0 radical (unpaired) electrons. The molecule has 0 fully saturated rings. The van der Waals surface area contributed by atoms with E-state index in [9.17, 15) is 9.90 Å². The van der Waals surface area contributed by atoms with E-state index >= 15 is 0 Å². The molecule has 0 saturated heterocycles. The minimum atomic E-state index is -0.234. The number of rotatable bonds is 1. The van der Waals surface area contributed by atoms with Gasteiger partial charge in [-0.05, 0) is 36.3 Å². The van der Waals surface area contributed by atoms with Crippen LogP contribution < -0.4 is 15.8 Å². The lowest BCUT2D eigenvalue weighted by Gasteiger charge is -1.96. The fraction of sp³-hybridized carbons (Fsp3) is 0.125. The first kappa shape index (κ1) is 14.2. The average Bonchev–Trinajstić information content (AvgIpc) is 3.04. The summed E-state index contributed by atoms with van der Waals surface area (Å²) in [5.74, 6) is 6.12. The third-order valence-electron chi connectivity index (χ3n) is 4.04. The van der Waals surface area contributed by atoms with Crippen LogP contribution in [0.25, 0.3) is 25.6 Å². The quantitative estimate of drug-likeness (QED) is 0.412. The normalized spacial score (nSPS) is 11.6. The van der Waals surface area contributed by atoms with Crippen LogP contribution in [-0.2, 0) is 0 Å². The van der Waals surface area contributed by atoms with Crippen molar-refractivity contribution in [2.24, 2.45) is 0 Å². The number of thiophene rings is 1. The van der Waals surface area contributed by atoms with E-state index in [4.69, 9.17) is 5.84 Å². The highest BCUT2D eigenvalue weighted by atomic mass is 32.1. The molecule has 3 N–H and O–H groups in total. The summed E-state index contributed by atoms with van der Waals surface area (Å²) in [7, 11) is 0. The van der Waals surface area contributed by atoms with Crippen LogP contribution in [0.4, 0.5) is 0 Å². The van der Waals surface area contributed by atoms with Crippen molar-refractivity contribution in [1.29, 1.82) is 0 Å². The number of aromatic hydroxyl groups is 1. The van der Waals surface area contributed by atoms with Crippen LogP contribution in [0.3, 0.4) is 0 Å². The number of aromatic nitrogens is 2. The Morgan fingerprint density at radius 1 is 1.17 bits per heavy atom. The molecular weight excluding hydrogens is 330 g/mol. The Hall–Kier alpha value is -2.38. The molecular formula is C16H14N3O2S2+. The monoisotopic (exact) mass is 344 g/mol. The van der Waals surface area contributed by atoms with Gasteiger partial charge in [0.05, 0.1) is 0 Å². The second-order valence-corrected chi connectivity index (χ2v) is 7.56. The third-order valence-corrected chi connectivity index (χ3v) is 6.42. The molecule has 0 atom stereocenters. The summed E-state index contributed by atoms with van der Waals surface area (Å²) in [6.07, 6.45) is 0. The van der Waals surface area contributed by atoms with E-state index in [0.717, 1.165) is 25.5 Å². The summed E-state index contributed by atoms with van der Waals surface area (Å²) in [4.78, 5) is 15.6. The van der Waals surface area contributed by atoms with Crippen molar-refractivity contribution in [2.75, 3.05) is 5.84 Å². The molecule has 3 heterocycles. The first-order valence-corrected chi connectivity index (χ1v) is 8.66. The summed E-state index contributed by atoms with van der Waals surface area (Å²) in [5.41, 5.74) is 1.57. The second kappa shape index (κ2) is 4.81. The van der Waals surface area contributed by atoms with Crippen molar-refractivity contribution in [3.05, 3.63) is 51.1 Å². The number of benzene rings is 1. The number of nitrogens with two attached hydrogens (primary N) is 1. The molecule has 23 heavy (non-hydrogen) atoms. The first-order chi connectivity index (χ1) is 11.0. The fourth-order valence-corrected chi connectivity index (χ4v) is 5.00. The lowest BCUT2D eigenvalue weighted by Crippen LogP contribution is -2.36. The SMILES string of the molecule is Cc1sc2c(c1C)c(=O)n(N)c1sc(-c3ccccc3)c(O)[n+]21. The largest absolute Gasteiger partial charge is 0.476 e. The van der Waals surface area contributed by atoms with E-state index in [1.165, 1.54) is 22.7 Å². The molecule has 4 rings (SSSR count). The molecule has 0 unspecified atom stereocenters. The number of thiazole rings is 1. The van der Waals surface area contributed by atoms with Crippen LogP contribution in [0, 0.1) is 13.8 Å². The van der Waals surface area contributed by atoms with Gasteiger partial charge in [0.2, 0.25) is 4.83 Å². The topological polar surface area (TPSA) is 72.3 Å². The van der Waals surface area contributed by atoms with Crippen molar-refractivity contribution >= 4 is 37.9 Å². The van der Waals surface area contributed by atoms with Crippen molar-refractivity contribution in [3.63, 3.8) is 0 Å². The first-order valence-electron chi connectivity index (χ1n) is 7.03. The molecule has 0 saturated carbocycles. The average molecular weight is 344 g/mol. The maximum absolute atomic E-state index is 12.6. The molecule has 0 spiro atoms. The van der Waals surface area contributed by atoms with Gasteiger partial charge in [0.1, 0.15) is 10.3 Å². The molecule has 3 aromatic heterocycles. The fourth-order valence-electron chi connectivity index (χ4n) is 2.72. The van der Waals surface area contributed by atoms with Crippen molar-refractivity contribution < 1.29 is 9.51 Å². The van der Waals surface area contributed by atoms with E-state index in [1.54, 1.807) is 4.40 Å². The van der Waals surface area contributed by atoms with Crippen LogP contribution in [0.15, 0.2) is 35.1 Å². The van der Waals surface area contributed by atoms with Crippen LogP contribution in [0.2, 0.25) is 0 Å². The highest BCUT2D eigenvalue weighted by molar-refractivity contribution is 7.21. The maximum atomic E-state index is 12.6. The predicted molar refractivity (Wildman–Crippen MR) is 93.8 cm³/mol. The summed E-state index contributed by atoms with van der Waals surface area (Å²) in [6, 6.07) is 9.59. The number of hydrogen-bond acceptors (Lipinski definition) is 5. The highest BCUT2D eigenvalue weighted by Crippen LogP contribution is 2.36. The zero-order valence-electron chi connectivity index (χ0n) is 12.5. The van der Waals surface area contributed by atoms with Gasteiger partial charge >= 0.3 is 16.4 Å². The van der Waals surface area contributed by atoms with Gasteiger partial charge in [-0.2, -0.15) is 0 Å². The Balaban J connectivity index is 2.23. The van der Waals surface area contributed by atoms with E-state index in [1.807, 2.05) is 44.2 Å². The molecule has 1 aromatic carbocycles. The summed E-state index contributed by atoms with van der Waals surface area (Å²) < 4.78 is 2.80. The number of nitrogen functional groups attached to an aromatic ring is 1. The molecule has 4 aromatic rings. The summed E-state index contributed by atoms with van der Waals surface area (Å²) in [5, 5.41) is 11.3. The number of hydrogen-bond donors (Lipinski definition) is 2. The molecule has 0 amide bonds. The minimum Gasteiger partial charge on any atom is -0.476 e. The zero-order valence-corrected chi connectivity index (χ0v) is 14.2. The Morgan fingerprint density at radius 3 is 2.57 bits per heavy atom. The zero-order chi connectivity index (χ0) is 16.3. The van der Waals surface area contributed by atoms with Gasteiger partial charge in [0.25, 0.3) is 0 Å². The molecule has 116 valence electrons. The highest BCUT2D eigenvalue weighted by Gasteiger charge is 2.29. The van der Waals surface area contributed by atoms with Gasteiger partial charge in [0, 0.05) is 4.88 Å². The van der Waals surface area contributed by atoms with Gasteiger partial charge in [-0.3, -0.25) is 5.84 Å². The lowest BCUT2D eigenvalue weighted by atomic mass is 10.2. The number of fused-ring (bicyclic) bond motifs is 3. The Kier molecular flexibility index (Phi) is 2.97. The van der Waals surface area contributed by atoms with Gasteiger partial charge in [0.15, 0.2) is 0 Å². The van der Waals surface area contributed by atoms with Crippen molar-refractivity contribution in [3.8, 4) is 16.3 Å². The van der Waals surface area contributed by atoms with Crippen molar-refractivity contribution in [1.82, 2.24) is 4.68 Å². The molecule has 5 nitrogen and oxygen atoms in total. The van der Waals surface area contributed by atoms with Gasteiger partial charge in [-0.1, -0.05) is 46.3 Å². The van der Waals surface area contributed by atoms with E-state index in [0.29, 0.717) is 15.2 Å². The predicted octanol–water partition coefficient (Wildman–Crippen LogP) is 2.57. The molecule has 0 aliphatic carbocycles. The molecule has 0 aliphatic heterocycles. The second-order valence-electron chi connectivity index (χ2n) is 5.38. The maximum Gasteiger partial charge on any atom is 0.377 e. The van der Waals surface area contributed by atoms with Gasteiger partial charge < -0.3 is 5.11 Å². The Labute approximate surface area is 139 Å². The van der Waals surface area contributed by atoms with Crippen LogP contribution in [-0.4, -0.2) is 9.78 Å². The van der Waals surface area contributed by atoms with Crippen LogP contribution >= 0.6 is 22.7 Å². The van der Waals surface area contributed by atoms with Crippen molar-refractivity contribution in [2.45, 2.75) is 13.8 Å². The van der Waals surface area contributed by atoms with E-state index < -0.39 is 0 Å². The molecule has 0 bridgehead atoms. The van der Waals surface area contributed by atoms with Gasteiger partial charge in [-0.15, -0.1) is 4.40 Å². The third kappa shape index (κ3) is 1.83. The Morgan fingerprint density at radius 2 is 1.87 bits per heavy atom. The number of aryl methyl sites for hydroxylation is 2. The molecule has 7 heteroatoms. The van der Waals surface area contributed by atoms with Crippen LogP contribution in [0.5, 0.6) is 5.88 Å². The summed E-state index contributed by atoms with van der Waals surface area (Å²) >= 11 is 2.80. The Bertz CT molecular complexity index is 1120.